The molecule has 10 aromatic carbocycles. The van der Waals surface area contributed by atoms with Crippen LogP contribution in [0.15, 0.2) is 97.1 Å². The van der Waals surface area contributed by atoms with Crippen LogP contribution < -0.4 is 11.5 Å². The van der Waals surface area contributed by atoms with Crippen LogP contribution in [0.2, 0.25) is 0 Å². The quantitative estimate of drug-likeness (QED) is 0.0206. The maximum absolute atomic E-state index is 14.7. The number of hydrogen-bond donors (Lipinski definition) is 2. The number of carbonyl (C=O) groups excluding carboxylic acids is 8. The monoisotopic (exact) mass is 1260 g/mol. The molecular formula is C80H86N6O8. The van der Waals surface area contributed by atoms with Gasteiger partial charge < -0.3 is 11.5 Å². The van der Waals surface area contributed by atoms with Gasteiger partial charge in [-0.1, -0.05) is 179 Å². The Hall–Kier alpha value is -8.72. The second-order valence-corrected chi connectivity index (χ2v) is 26.8. The minimum Gasteiger partial charge on any atom is -0.330 e. The van der Waals surface area contributed by atoms with E-state index in [-0.39, 0.29) is 55.2 Å². The van der Waals surface area contributed by atoms with Crippen molar-refractivity contribution in [2.75, 3.05) is 26.2 Å². The third kappa shape index (κ3) is 10.5. The van der Waals surface area contributed by atoms with E-state index in [9.17, 15) is 38.4 Å². The molecule has 0 aliphatic carbocycles. The van der Waals surface area contributed by atoms with Gasteiger partial charge in [-0.05, 0) is 165 Å². The van der Waals surface area contributed by atoms with Crippen LogP contribution in [0.4, 0.5) is 0 Å². The lowest BCUT2D eigenvalue weighted by Gasteiger charge is -2.35. The fourth-order valence-corrected chi connectivity index (χ4v) is 16.3. The van der Waals surface area contributed by atoms with Crippen LogP contribution in [-0.4, -0.2) is 105 Å². The molecule has 0 spiro atoms. The lowest BCUT2D eigenvalue weighted by atomic mass is 9.82. The smallest absolute Gasteiger partial charge is 0.261 e. The third-order valence-electron chi connectivity index (χ3n) is 21.0. The van der Waals surface area contributed by atoms with Crippen LogP contribution >= 0.6 is 0 Å². The van der Waals surface area contributed by atoms with E-state index in [1.165, 1.54) is 9.80 Å². The molecule has 14 rings (SSSR count). The summed E-state index contributed by atoms with van der Waals surface area (Å²) < 4.78 is 0. The molecule has 4 N–H and O–H groups in total. The molecule has 0 radical (unpaired) electrons. The number of hydrogen-bond acceptors (Lipinski definition) is 10. The Morgan fingerprint density at radius 1 is 0.255 bits per heavy atom. The highest BCUT2D eigenvalue weighted by molar-refractivity contribution is 6.43. The van der Waals surface area contributed by atoms with Gasteiger partial charge in [0, 0.05) is 91.2 Å². The Morgan fingerprint density at radius 3 is 0.660 bits per heavy atom. The molecule has 4 aliphatic heterocycles. The molecule has 0 aromatic heterocycles. The molecule has 10 aromatic rings. The average molecular weight is 1260 g/mol. The molecule has 94 heavy (non-hydrogen) atoms. The molecule has 484 valence electrons. The Balaban J connectivity index is 0.00000155. The summed E-state index contributed by atoms with van der Waals surface area (Å²) in [5, 5.41) is 12.2. The molecular weight excluding hydrogens is 1170 g/mol. The zero-order valence-electron chi connectivity index (χ0n) is 55.0. The summed E-state index contributed by atoms with van der Waals surface area (Å²) in [7, 11) is 0. The summed E-state index contributed by atoms with van der Waals surface area (Å²) in [4.78, 5) is 123. The lowest BCUT2D eigenvalue weighted by Crippen LogP contribution is -2.47. The number of rotatable bonds is 28. The van der Waals surface area contributed by atoms with E-state index in [1.54, 1.807) is 34.1 Å². The first-order valence-electron chi connectivity index (χ1n) is 35.1. The summed E-state index contributed by atoms with van der Waals surface area (Å²) in [6, 6.07) is 29.6. The highest BCUT2D eigenvalue weighted by Crippen LogP contribution is 2.49. The Morgan fingerprint density at radius 2 is 0.468 bits per heavy atom. The maximum Gasteiger partial charge on any atom is 0.261 e. The topological polar surface area (TPSA) is 202 Å². The van der Waals surface area contributed by atoms with Crippen molar-refractivity contribution in [3.63, 3.8) is 0 Å². The average Bonchev–Trinajstić information content (AvgIpc) is 0.698. The highest BCUT2D eigenvalue weighted by Gasteiger charge is 2.42. The molecule has 14 nitrogen and oxygen atoms in total. The van der Waals surface area contributed by atoms with Crippen molar-refractivity contribution in [3.8, 4) is 0 Å². The number of amides is 8. The molecule has 0 atom stereocenters. The van der Waals surface area contributed by atoms with Crippen LogP contribution in [0.5, 0.6) is 0 Å². The minimum atomic E-state index is -0.468. The van der Waals surface area contributed by atoms with E-state index in [2.05, 4.69) is 27.7 Å². The van der Waals surface area contributed by atoms with Crippen molar-refractivity contribution in [1.82, 2.24) is 19.6 Å². The largest absolute Gasteiger partial charge is 0.330 e. The van der Waals surface area contributed by atoms with E-state index in [0.717, 1.165) is 213 Å². The second-order valence-electron chi connectivity index (χ2n) is 26.8. The van der Waals surface area contributed by atoms with Gasteiger partial charge in [-0.25, -0.2) is 0 Å². The van der Waals surface area contributed by atoms with Gasteiger partial charge in [-0.3, -0.25) is 58.0 Å². The Labute approximate surface area is 548 Å². The number of nitrogens with zero attached hydrogens (tertiary/aromatic N) is 4. The van der Waals surface area contributed by atoms with Crippen LogP contribution in [0, 0.1) is 0 Å². The van der Waals surface area contributed by atoms with Crippen molar-refractivity contribution in [2.24, 2.45) is 11.5 Å². The van der Waals surface area contributed by atoms with Crippen molar-refractivity contribution < 1.29 is 38.4 Å². The Kier molecular flexibility index (Phi) is 18.4. The number of fused-ring (bicyclic) bond motifs is 4. The standard InChI is InChI=1S/C77H76N4O8.C3H10N2/c1-5-9-13-17-22-44(23-18-14-10-6-2)80-74(86)58-38-30-50-46-26-34-54-66-55(35-27-47(62(46)66)51-31-39-59(75(80)87)68(58)64(50)51)71(83)78(70(54)82)42-21-43-79-72(84)56-36-28-48-52-32-40-60-69-61(41-33-53(65(52)69)49-29-37-57(73(79)85)67(56)63(48)49)77(89)81(76(60)88)45(24-19-15-11-7-3)25-20-16-12-8-4;4-2-1-3-5/h26-41,44-45H,5-25,42-43H2,1-4H3;1-5H2. The normalized spacial score (nSPS) is 14.8. The van der Waals surface area contributed by atoms with Gasteiger partial charge in [0.1, 0.15) is 0 Å². The summed E-state index contributed by atoms with van der Waals surface area (Å²) in [5.74, 6) is -2.88. The molecule has 0 saturated carbocycles. The first kappa shape index (κ1) is 64.0. The maximum atomic E-state index is 14.7. The SMILES string of the molecule is CCCCCCC(CCCCCC)N1C(=O)c2ccc3c4ccc5c6c(ccc(c7ccc(c2c37)C1=O)c64)C(=O)N(CCCN1C(=O)c2ccc3c4ccc6c7c(ccc(c8ccc(c2c38)C1=O)c74)C(=O)N(C(CCCCCC)CCCCCC)C6=O)C5=O.NCCCN. The predicted molar refractivity (Wildman–Crippen MR) is 377 cm³/mol. The number of unbranched alkanes of at least 4 members (excludes halogenated alkanes) is 12. The molecule has 0 saturated heterocycles. The van der Waals surface area contributed by atoms with E-state index in [4.69, 9.17) is 11.5 Å². The number of nitrogens with two attached hydrogens (primary N) is 2. The van der Waals surface area contributed by atoms with Crippen molar-refractivity contribution in [3.05, 3.63) is 142 Å². The summed E-state index contributed by atoms with van der Waals surface area (Å²) in [5.41, 5.74) is 13.7. The van der Waals surface area contributed by atoms with Crippen molar-refractivity contribution in [2.45, 2.75) is 181 Å². The first-order chi connectivity index (χ1) is 45.8. The van der Waals surface area contributed by atoms with Crippen molar-refractivity contribution in [1.29, 1.82) is 0 Å². The molecule has 0 bridgehead atoms. The van der Waals surface area contributed by atoms with Gasteiger partial charge in [-0.15, -0.1) is 0 Å². The van der Waals surface area contributed by atoms with Crippen LogP contribution in [0.1, 0.15) is 252 Å². The summed E-state index contributed by atoms with van der Waals surface area (Å²) in [6.07, 6.45) is 21.2. The van der Waals surface area contributed by atoms with Gasteiger partial charge in [-0.2, -0.15) is 0 Å². The van der Waals surface area contributed by atoms with Crippen LogP contribution in [-0.2, 0) is 0 Å². The second kappa shape index (κ2) is 26.9. The molecule has 4 heterocycles. The number of benzene rings is 10. The molecule has 14 heteroatoms. The summed E-state index contributed by atoms with van der Waals surface area (Å²) >= 11 is 0. The van der Waals surface area contributed by atoms with Crippen LogP contribution in [0.25, 0.3) is 86.2 Å². The predicted octanol–water partition coefficient (Wildman–Crippen LogP) is 17.2. The van der Waals surface area contributed by atoms with E-state index in [1.807, 2.05) is 72.8 Å². The fraction of sp³-hybridized carbons (Fsp3) is 0.400. The first-order valence-corrected chi connectivity index (χ1v) is 35.1. The van der Waals surface area contributed by atoms with E-state index in [0.29, 0.717) is 66.1 Å². The van der Waals surface area contributed by atoms with Crippen LogP contribution in [0.3, 0.4) is 0 Å². The lowest BCUT2D eigenvalue weighted by molar-refractivity contribution is 0.0501. The zero-order valence-corrected chi connectivity index (χ0v) is 55.0. The molecule has 0 fully saturated rings. The minimum absolute atomic E-state index is 0.0451. The van der Waals surface area contributed by atoms with Gasteiger partial charge in [0.2, 0.25) is 0 Å². The summed E-state index contributed by atoms with van der Waals surface area (Å²) in [6.45, 7) is 10.1. The molecule has 4 aliphatic rings. The van der Waals surface area contributed by atoms with Gasteiger partial charge in [0.05, 0.1) is 0 Å². The molecule has 8 amide bonds. The number of imide groups is 4. The zero-order chi connectivity index (χ0) is 65.6. The highest BCUT2D eigenvalue weighted by atomic mass is 16.2. The number of carbonyl (C=O) groups is 8. The van der Waals surface area contributed by atoms with E-state index >= 15 is 0 Å². The van der Waals surface area contributed by atoms with Crippen molar-refractivity contribution >= 4 is 133 Å². The molecule has 0 unspecified atom stereocenters. The van der Waals surface area contributed by atoms with Gasteiger partial charge in [0.15, 0.2) is 0 Å². The van der Waals surface area contributed by atoms with Gasteiger partial charge in [0.25, 0.3) is 47.3 Å². The van der Waals surface area contributed by atoms with Gasteiger partial charge >= 0.3 is 0 Å². The fourth-order valence-electron chi connectivity index (χ4n) is 16.3. The third-order valence-corrected chi connectivity index (χ3v) is 21.0. The Bertz CT molecular complexity index is 4160. The van der Waals surface area contributed by atoms with E-state index < -0.39 is 23.6 Å².